The lowest BCUT2D eigenvalue weighted by Gasteiger charge is -2.38. The fourth-order valence-electron chi connectivity index (χ4n) is 13.2. The summed E-state index contributed by atoms with van der Waals surface area (Å²) in [5.41, 5.74) is 0.890. The second-order valence-corrected chi connectivity index (χ2v) is 27.6. The molecule has 4 aliphatic heterocycles. The van der Waals surface area contributed by atoms with Gasteiger partial charge in [-0.25, -0.2) is 4.39 Å². The largest absolute Gasteiger partial charge is 0.485 e. The van der Waals surface area contributed by atoms with Crippen molar-refractivity contribution >= 4 is 53.2 Å². The van der Waals surface area contributed by atoms with E-state index in [4.69, 9.17) is 14.0 Å². The first-order chi connectivity index (χ1) is 46.5. The van der Waals surface area contributed by atoms with E-state index in [1.807, 2.05) is 39.8 Å². The lowest BCUT2D eigenvalue weighted by Crippen LogP contribution is -2.60. The van der Waals surface area contributed by atoms with Crippen LogP contribution in [-0.2, 0) is 59.4 Å². The molecule has 528 valence electrons. The Morgan fingerprint density at radius 1 is 0.619 bits per heavy atom. The number of fused-ring (bicyclic) bond motifs is 6. The number of aromatic nitrogens is 3. The van der Waals surface area contributed by atoms with Crippen LogP contribution in [0.25, 0.3) is 0 Å². The molecule has 4 aliphatic rings. The smallest absolute Gasteiger partial charge is 0.257 e. The zero-order chi connectivity index (χ0) is 69.8. The van der Waals surface area contributed by atoms with Gasteiger partial charge in [-0.05, 0) is 145 Å². The Morgan fingerprint density at radius 2 is 1.18 bits per heavy atom. The predicted octanol–water partition coefficient (Wildman–Crippen LogP) is 7.27. The van der Waals surface area contributed by atoms with E-state index >= 15 is 4.79 Å². The lowest BCUT2D eigenvalue weighted by atomic mass is 9.92. The number of carbonyl (C=O) groups is 9. The highest BCUT2D eigenvalue weighted by atomic mass is 19.1. The number of likely N-dealkylation sites (N-methyl/N-ethyl adjacent to an activating group) is 2. The predicted molar refractivity (Wildman–Crippen MR) is 360 cm³/mol. The number of benzene rings is 2. The highest BCUT2D eigenvalue weighted by Crippen LogP contribution is 2.31. The molecule has 4 aromatic rings. The van der Waals surface area contributed by atoms with Crippen LogP contribution in [0.4, 0.5) is 4.39 Å². The minimum absolute atomic E-state index is 0.00242. The fraction of sp³-hybridized carbons (Fsp3) is 0.611. The highest BCUT2D eigenvalue weighted by molar-refractivity contribution is 6.02. The highest BCUT2D eigenvalue weighted by Gasteiger charge is 2.45. The molecule has 0 saturated carbocycles. The number of aryl methyl sites for hydroxylation is 2. The number of nitrogens with zero attached hydrogens (tertiary/aromatic N) is 7. The van der Waals surface area contributed by atoms with Crippen LogP contribution >= 0.6 is 0 Å². The first kappa shape index (κ1) is 74.3. The number of hydrogen-bond acceptors (Lipinski definition) is 15. The molecular formula is C72H101FN12O12. The molecule has 2 saturated heterocycles. The molecule has 24 nitrogen and oxygen atoms in total. The number of carbonyl (C=O) groups excluding carboxylic acids is 9. The van der Waals surface area contributed by atoms with Crippen LogP contribution in [-0.4, -0.2) is 177 Å². The van der Waals surface area contributed by atoms with Gasteiger partial charge in [-0.3, -0.25) is 48.1 Å². The Bertz CT molecular complexity index is 3380. The normalized spacial score (nSPS) is 23.2. The van der Waals surface area contributed by atoms with Crippen molar-refractivity contribution < 1.29 is 61.5 Å². The van der Waals surface area contributed by atoms with Gasteiger partial charge in [0.2, 0.25) is 47.2 Å². The summed E-state index contributed by atoms with van der Waals surface area (Å²) in [5, 5.41) is 19.0. The van der Waals surface area contributed by atoms with E-state index in [9.17, 15) is 42.7 Å². The summed E-state index contributed by atoms with van der Waals surface area (Å²) < 4.78 is 32.9. The standard InChI is InChI=1S/C72H101FN12O12/c1-46(2)37-54-67(90)84-35-21-23-56(84)69(92)82(7)58(40-50-27-26-48(4)77-43-50)66(89)75-33-19-15-10-9-13-17-25-63-80-61(81-97-63)44-95-59-41-49(28-30-52(59)64(87)78-54)38-47(3)39-55-68(91)85-36-22-24-57(85)70(93)83(8)72(5,6)71(94)76-34-20-16-12-11-14-18-32-74-62(86)45-96-60-42-51(73)29-31-53(60)65(88)79-55/h26-31,41-43,46-47,54-58H,9-25,32-40,44-45H2,1-8H3,(H,74,86)(H,75,89)(H,76,94)(H,78,87)(H,79,88)/t47?,54-,55-,56-,57-,58+/m1/s1. The zero-order valence-corrected chi connectivity index (χ0v) is 57.9. The number of halogens is 1. The summed E-state index contributed by atoms with van der Waals surface area (Å²) >= 11 is 0. The topological polar surface area (TPSA) is 297 Å². The summed E-state index contributed by atoms with van der Waals surface area (Å²) in [6.45, 7) is 11.9. The maximum Gasteiger partial charge on any atom is 0.257 e. The van der Waals surface area contributed by atoms with Gasteiger partial charge in [-0.2, -0.15) is 4.98 Å². The van der Waals surface area contributed by atoms with Crippen molar-refractivity contribution in [1.82, 2.24) is 61.3 Å². The zero-order valence-electron chi connectivity index (χ0n) is 57.9. The molecule has 25 heteroatoms. The first-order valence-electron chi connectivity index (χ1n) is 35.0. The molecule has 6 heterocycles. The maximum absolute atomic E-state index is 15.3. The summed E-state index contributed by atoms with van der Waals surface area (Å²) in [5.74, 6) is -5.06. The molecule has 2 bridgehead atoms. The average molecular weight is 1350 g/mol. The van der Waals surface area contributed by atoms with Crippen LogP contribution in [0.5, 0.6) is 11.5 Å². The van der Waals surface area contributed by atoms with E-state index in [2.05, 4.69) is 41.7 Å². The van der Waals surface area contributed by atoms with Gasteiger partial charge in [0.15, 0.2) is 13.2 Å². The Kier molecular flexibility index (Phi) is 27.3. The van der Waals surface area contributed by atoms with Crippen LogP contribution in [0.3, 0.4) is 0 Å². The lowest BCUT2D eigenvalue weighted by molar-refractivity contribution is -0.151. The quantitative estimate of drug-likeness (QED) is 0.116. The number of ether oxygens (including phenoxy) is 2. The summed E-state index contributed by atoms with van der Waals surface area (Å²) in [6.07, 6.45) is 14.8. The third-order valence-electron chi connectivity index (χ3n) is 19.1. The number of rotatable bonds is 8. The van der Waals surface area contributed by atoms with Crippen LogP contribution in [0.2, 0.25) is 0 Å². The van der Waals surface area contributed by atoms with Gasteiger partial charge in [-0.1, -0.05) is 89.4 Å². The molecule has 8 rings (SSSR count). The minimum atomic E-state index is -1.29. The minimum Gasteiger partial charge on any atom is -0.485 e. The SMILES string of the molecule is Cc1ccc(C[C@H]2C(=O)NCCCCCCCCc3nc(no3)COc3cc(CC(C)C[C@H]4NC(=O)c5ccc(F)cc5OCC(=O)NCCCCCCCCNC(=O)C(C)(C)N(C)C(=O)[C@H]5CCCN5C4=O)ccc3C(=O)N[C@H](CC(C)C)C(=O)N3CCC[C@@H]3C(=O)N2C)cn1. The summed E-state index contributed by atoms with van der Waals surface area (Å²) in [7, 11) is 3.15. The first-order valence-corrected chi connectivity index (χ1v) is 35.0. The molecule has 97 heavy (non-hydrogen) atoms. The summed E-state index contributed by atoms with van der Waals surface area (Å²) in [6, 6.07) is 6.92. The van der Waals surface area contributed by atoms with Crippen molar-refractivity contribution in [2.75, 3.05) is 53.4 Å². The molecule has 6 atom stereocenters. The molecule has 0 aliphatic carbocycles. The van der Waals surface area contributed by atoms with Crippen molar-refractivity contribution in [1.29, 1.82) is 0 Å². The average Bonchev–Trinajstić information content (AvgIpc) is 1.81. The maximum atomic E-state index is 15.3. The van der Waals surface area contributed by atoms with Crippen LogP contribution in [0, 0.1) is 24.6 Å². The third-order valence-corrected chi connectivity index (χ3v) is 19.1. The van der Waals surface area contributed by atoms with E-state index in [0.29, 0.717) is 69.6 Å². The number of amides is 9. The van der Waals surface area contributed by atoms with E-state index < -0.39 is 89.5 Å². The van der Waals surface area contributed by atoms with Gasteiger partial charge in [0.1, 0.15) is 53.1 Å². The third kappa shape index (κ3) is 20.8. The van der Waals surface area contributed by atoms with Gasteiger partial charge < -0.3 is 60.2 Å². The van der Waals surface area contributed by atoms with Crippen LogP contribution in [0.15, 0.2) is 59.3 Å². The number of nitrogens with one attached hydrogen (secondary N) is 5. The van der Waals surface area contributed by atoms with Gasteiger partial charge in [0.25, 0.3) is 17.7 Å². The van der Waals surface area contributed by atoms with Crippen molar-refractivity contribution in [2.24, 2.45) is 11.8 Å². The molecule has 0 spiro atoms. The second-order valence-electron chi connectivity index (χ2n) is 27.6. The van der Waals surface area contributed by atoms with Crippen molar-refractivity contribution in [2.45, 2.75) is 219 Å². The van der Waals surface area contributed by atoms with Gasteiger partial charge >= 0.3 is 0 Å². The molecule has 1 unspecified atom stereocenters. The summed E-state index contributed by atoms with van der Waals surface area (Å²) in [4.78, 5) is 145. The number of pyridine rings is 1. The van der Waals surface area contributed by atoms with E-state index in [-0.39, 0.29) is 97.5 Å². The second kappa shape index (κ2) is 35.7. The fourth-order valence-corrected chi connectivity index (χ4v) is 13.2. The van der Waals surface area contributed by atoms with Crippen LogP contribution in [0.1, 0.15) is 199 Å². The van der Waals surface area contributed by atoms with Crippen molar-refractivity contribution in [3.8, 4) is 11.5 Å². The van der Waals surface area contributed by atoms with Crippen molar-refractivity contribution in [3.05, 3.63) is 100 Å². The Labute approximate surface area is 569 Å². The molecule has 5 N–H and O–H groups in total. The van der Waals surface area contributed by atoms with E-state index in [1.54, 1.807) is 52.3 Å². The van der Waals surface area contributed by atoms with Gasteiger partial charge in [0.05, 0.1) is 11.1 Å². The number of hydrogen-bond donors (Lipinski definition) is 5. The van der Waals surface area contributed by atoms with Gasteiger partial charge in [0, 0.05) is 77.6 Å². The Hall–Kier alpha value is -8.51. The Morgan fingerprint density at radius 3 is 1.80 bits per heavy atom. The molecule has 2 aromatic carbocycles. The van der Waals surface area contributed by atoms with Gasteiger partial charge in [-0.15, -0.1) is 0 Å². The molecule has 2 fully saturated rings. The van der Waals surface area contributed by atoms with Crippen LogP contribution < -0.4 is 36.1 Å². The Balaban J connectivity index is 1.08. The molecule has 2 aromatic heterocycles. The van der Waals surface area contributed by atoms with Crippen molar-refractivity contribution in [3.63, 3.8) is 0 Å². The monoisotopic (exact) mass is 1340 g/mol. The van der Waals surface area contributed by atoms with E-state index in [0.717, 1.165) is 94.0 Å². The molecule has 0 radical (unpaired) electrons. The van der Waals surface area contributed by atoms with E-state index in [1.165, 1.54) is 25.7 Å². The molecular weight excluding hydrogens is 1240 g/mol. The molecule has 9 amide bonds.